The second-order valence-corrected chi connectivity index (χ2v) is 10.1. The van der Waals surface area contributed by atoms with Crippen LogP contribution in [0.25, 0.3) is 11.1 Å². The first-order valence-corrected chi connectivity index (χ1v) is 11.1. The molecule has 4 nitrogen and oxygen atoms in total. The van der Waals surface area contributed by atoms with Crippen LogP contribution in [-0.2, 0) is 12.8 Å². The molecule has 0 atom stereocenters. The maximum absolute atomic E-state index is 6.33. The van der Waals surface area contributed by atoms with Gasteiger partial charge >= 0.3 is 0 Å². The maximum atomic E-state index is 6.33. The molecule has 5 rings (SSSR count). The van der Waals surface area contributed by atoms with E-state index in [1.807, 2.05) is 18.2 Å². The number of nitrogens with two attached hydrogens (primary N) is 1. The number of aliphatic imine (C=N–C) groups is 1. The van der Waals surface area contributed by atoms with Crippen molar-refractivity contribution in [2.24, 2.45) is 4.99 Å². The van der Waals surface area contributed by atoms with E-state index in [-0.39, 0.29) is 11.1 Å². The van der Waals surface area contributed by atoms with Crippen molar-refractivity contribution in [1.82, 2.24) is 0 Å². The van der Waals surface area contributed by atoms with Gasteiger partial charge in [-0.2, -0.15) is 0 Å². The zero-order valence-electron chi connectivity index (χ0n) is 19.5. The maximum Gasteiger partial charge on any atom is 0.166 e. The van der Waals surface area contributed by atoms with Gasteiger partial charge in [0.25, 0.3) is 0 Å². The lowest BCUT2D eigenvalue weighted by molar-refractivity contribution is 0.134. The van der Waals surface area contributed by atoms with Gasteiger partial charge < -0.3 is 15.2 Å². The summed E-state index contributed by atoms with van der Waals surface area (Å²) in [5, 5.41) is 0. The van der Waals surface area contributed by atoms with Crippen LogP contribution in [0.2, 0.25) is 0 Å². The summed E-state index contributed by atoms with van der Waals surface area (Å²) in [7, 11) is 1.72. The van der Waals surface area contributed by atoms with Crippen LogP contribution in [0.5, 0.6) is 11.5 Å². The van der Waals surface area contributed by atoms with Gasteiger partial charge in [-0.25, -0.2) is 0 Å². The molecular weight excluding hydrogens is 396 g/mol. The van der Waals surface area contributed by atoms with Gasteiger partial charge in [0.15, 0.2) is 11.5 Å². The van der Waals surface area contributed by atoms with Crippen molar-refractivity contribution in [1.29, 1.82) is 0 Å². The van der Waals surface area contributed by atoms with Crippen molar-refractivity contribution in [2.45, 2.75) is 51.7 Å². The first-order valence-electron chi connectivity index (χ1n) is 11.1. The van der Waals surface area contributed by atoms with E-state index < -0.39 is 0 Å². The van der Waals surface area contributed by atoms with Crippen molar-refractivity contribution in [3.63, 3.8) is 0 Å². The second-order valence-electron chi connectivity index (χ2n) is 10.1. The normalized spacial score (nSPS) is 17.7. The van der Waals surface area contributed by atoms with Crippen LogP contribution >= 0.6 is 0 Å². The molecule has 3 aromatic rings. The largest absolute Gasteiger partial charge is 0.493 e. The summed E-state index contributed by atoms with van der Waals surface area (Å²) in [6.45, 7) is 8.64. The highest BCUT2D eigenvalue weighted by Gasteiger charge is 2.39. The molecule has 3 aromatic carbocycles. The molecule has 0 aliphatic carbocycles. The summed E-state index contributed by atoms with van der Waals surface area (Å²) < 4.78 is 12.1. The molecule has 2 heterocycles. The van der Waals surface area contributed by atoms with Crippen LogP contribution in [0.4, 0.5) is 5.69 Å². The van der Waals surface area contributed by atoms with Crippen LogP contribution in [0, 0.1) is 0 Å². The van der Waals surface area contributed by atoms with Crippen molar-refractivity contribution < 1.29 is 9.47 Å². The molecule has 0 amide bonds. The van der Waals surface area contributed by atoms with E-state index in [9.17, 15) is 0 Å². The van der Waals surface area contributed by atoms with E-state index in [1.54, 1.807) is 7.11 Å². The highest BCUT2D eigenvalue weighted by atomic mass is 16.5. The summed E-state index contributed by atoms with van der Waals surface area (Å²) in [4.78, 5) is 5.25. The van der Waals surface area contributed by atoms with Crippen molar-refractivity contribution in [2.75, 3.05) is 12.8 Å². The number of hydrogen-bond donors (Lipinski definition) is 1. The molecule has 0 saturated carbocycles. The minimum absolute atomic E-state index is 0.205. The molecule has 0 saturated heterocycles. The summed E-state index contributed by atoms with van der Waals surface area (Å²) in [6, 6.07) is 18.7. The minimum atomic E-state index is -0.272. The number of hydrogen-bond acceptors (Lipinski definition) is 4. The van der Waals surface area contributed by atoms with Crippen molar-refractivity contribution in [3.05, 3.63) is 76.9 Å². The van der Waals surface area contributed by atoms with Gasteiger partial charge in [0.05, 0.1) is 18.4 Å². The average molecular weight is 427 g/mol. The molecule has 32 heavy (non-hydrogen) atoms. The topological polar surface area (TPSA) is 56.8 Å². The quantitative estimate of drug-likeness (QED) is 0.536. The fourth-order valence-corrected chi connectivity index (χ4v) is 4.99. The predicted molar refractivity (Wildman–Crippen MR) is 131 cm³/mol. The number of benzene rings is 3. The van der Waals surface area contributed by atoms with Crippen LogP contribution in [0.3, 0.4) is 0 Å². The first-order chi connectivity index (χ1) is 15.2. The molecule has 0 unspecified atom stereocenters. The predicted octanol–water partition coefficient (Wildman–Crippen LogP) is 5.83. The van der Waals surface area contributed by atoms with Gasteiger partial charge in [0, 0.05) is 28.8 Å². The van der Waals surface area contributed by atoms with Crippen molar-refractivity contribution >= 4 is 11.4 Å². The Balaban J connectivity index is 1.71. The Kier molecular flexibility index (Phi) is 4.59. The number of nitrogen functional groups attached to an aromatic ring is 1. The third-order valence-electron chi connectivity index (χ3n) is 6.26. The Morgan fingerprint density at radius 2 is 1.59 bits per heavy atom. The zero-order chi connectivity index (χ0) is 22.7. The molecule has 2 N–H and O–H groups in total. The van der Waals surface area contributed by atoms with Gasteiger partial charge in [-0.15, -0.1) is 0 Å². The molecule has 0 aromatic heterocycles. The Hall–Kier alpha value is -3.27. The molecule has 2 aliphatic rings. The Morgan fingerprint density at radius 1 is 0.906 bits per heavy atom. The highest BCUT2D eigenvalue weighted by molar-refractivity contribution is 6.16. The first kappa shape index (κ1) is 20.6. The molecular formula is C28H30N2O2. The molecule has 0 bridgehead atoms. The van der Waals surface area contributed by atoms with Gasteiger partial charge in [0.1, 0.15) is 5.60 Å². The Bertz CT molecular complexity index is 1250. The summed E-state index contributed by atoms with van der Waals surface area (Å²) >= 11 is 0. The fourth-order valence-electron chi connectivity index (χ4n) is 4.99. The van der Waals surface area contributed by atoms with Crippen LogP contribution < -0.4 is 15.2 Å². The minimum Gasteiger partial charge on any atom is -0.493 e. The van der Waals surface area contributed by atoms with E-state index in [2.05, 4.69) is 64.1 Å². The summed E-state index contributed by atoms with van der Waals surface area (Å²) in [5.41, 5.74) is 14.4. The Morgan fingerprint density at radius 3 is 2.31 bits per heavy atom. The lowest BCUT2D eigenvalue weighted by Gasteiger charge is -2.31. The van der Waals surface area contributed by atoms with E-state index in [4.69, 9.17) is 20.2 Å². The number of nitrogens with zero attached hydrogens (tertiary/aromatic N) is 1. The highest BCUT2D eigenvalue weighted by Crippen LogP contribution is 2.48. The molecule has 4 heteroatoms. The van der Waals surface area contributed by atoms with E-state index in [0.717, 1.165) is 52.4 Å². The van der Waals surface area contributed by atoms with Crippen LogP contribution in [-0.4, -0.2) is 24.0 Å². The number of rotatable bonds is 3. The third-order valence-corrected chi connectivity index (χ3v) is 6.26. The van der Waals surface area contributed by atoms with E-state index in [0.29, 0.717) is 0 Å². The van der Waals surface area contributed by atoms with Gasteiger partial charge in [-0.05, 0) is 75.1 Å². The van der Waals surface area contributed by atoms with Crippen LogP contribution in [0.1, 0.15) is 49.9 Å². The third kappa shape index (κ3) is 3.54. The monoisotopic (exact) mass is 426 g/mol. The number of ether oxygens (including phenoxy) is 2. The number of methoxy groups -OCH3 is 1. The zero-order valence-corrected chi connectivity index (χ0v) is 19.5. The molecule has 0 fully saturated rings. The lowest BCUT2D eigenvalue weighted by Crippen LogP contribution is -2.30. The molecule has 0 spiro atoms. The SMILES string of the molecule is COc1cc2c(c3c1OC(C)(C)C3)C(c1cccc(-c3cccc(N)c3)c1)=NC(C)(C)C2. The van der Waals surface area contributed by atoms with Gasteiger partial charge in [-0.3, -0.25) is 4.99 Å². The average Bonchev–Trinajstić information content (AvgIpc) is 3.06. The fraction of sp³-hybridized carbons (Fsp3) is 0.321. The molecule has 0 radical (unpaired) electrons. The van der Waals surface area contributed by atoms with E-state index in [1.165, 1.54) is 16.7 Å². The standard InChI is InChI=1S/C28H30N2O2/c1-27(2)15-20-14-23(31-5)26-22(16-28(3,4)32-26)24(20)25(30-27)19-10-6-8-17(12-19)18-9-7-11-21(29)13-18/h6-14H,15-16,29H2,1-5H3. The Labute approximate surface area is 190 Å². The molecule has 2 aliphatic heterocycles. The summed E-state index contributed by atoms with van der Waals surface area (Å²) in [6.07, 6.45) is 1.70. The van der Waals surface area contributed by atoms with Gasteiger partial charge in [0.2, 0.25) is 0 Å². The molecule has 164 valence electrons. The van der Waals surface area contributed by atoms with E-state index >= 15 is 0 Å². The number of anilines is 1. The second kappa shape index (κ2) is 7.13. The lowest BCUT2D eigenvalue weighted by atomic mass is 9.80. The number of fused-ring (bicyclic) bond motifs is 3. The van der Waals surface area contributed by atoms with Crippen molar-refractivity contribution in [3.8, 4) is 22.6 Å². The van der Waals surface area contributed by atoms with Crippen LogP contribution in [0.15, 0.2) is 59.6 Å². The van der Waals surface area contributed by atoms with Gasteiger partial charge in [-0.1, -0.05) is 30.3 Å². The summed E-state index contributed by atoms with van der Waals surface area (Å²) in [5.74, 6) is 1.67. The smallest absolute Gasteiger partial charge is 0.166 e.